The van der Waals surface area contributed by atoms with Crippen LogP contribution in [0, 0.1) is 18.8 Å². The zero-order valence-corrected chi connectivity index (χ0v) is 16.0. The molecule has 2 amide bonds. The maximum atomic E-state index is 12.9. The number of anilines is 1. The molecule has 2 saturated heterocycles. The third-order valence-corrected chi connectivity index (χ3v) is 5.52. The van der Waals surface area contributed by atoms with E-state index in [4.69, 9.17) is 4.74 Å². The average molecular weight is 359 g/mol. The molecule has 0 aliphatic carbocycles. The molecule has 0 aromatic heterocycles. The van der Waals surface area contributed by atoms with Gasteiger partial charge in [-0.15, -0.1) is 0 Å². The van der Waals surface area contributed by atoms with Crippen molar-refractivity contribution in [3.63, 3.8) is 0 Å². The van der Waals surface area contributed by atoms with E-state index in [-0.39, 0.29) is 24.2 Å². The number of piperidine rings is 1. The van der Waals surface area contributed by atoms with Crippen LogP contribution in [0.25, 0.3) is 0 Å². The summed E-state index contributed by atoms with van der Waals surface area (Å²) in [5, 5.41) is 3.22. The molecule has 26 heavy (non-hydrogen) atoms. The highest BCUT2D eigenvalue weighted by molar-refractivity contribution is 6.01. The van der Waals surface area contributed by atoms with Gasteiger partial charge in [0.1, 0.15) is 5.75 Å². The number of rotatable bonds is 5. The zero-order valence-electron chi connectivity index (χ0n) is 16.0. The maximum Gasteiger partial charge on any atom is 0.228 e. The quantitative estimate of drug-likeness (QED) is 0.871. The van der Waals surface area contributed by atoms with Crippen LogP contribution in [0.3, 0.4) is 0 Å². The van der Waals surface area contributed by atoms with E-state index in [1.807, 2.05) is 37.1 Å². The second-order valence-corrected chi connectivity index (χ2v) is 7.41. The van der Waals surface area contributed by atoms with Crippen LogP contribution in [0.2, 0.25) is 0 Å². The maximum absolute atomic E-state index is 12.9. The first-order valence-corrected chi connectivity index (χ1v) is 9.42. The molecule has 2 aliphatic rings. The number of aryl methyl sites for hydroxylation is 1. The Morgan fingerprint density at radius 2 is 2.04 bits per heavy atom. The van der Waals surface area contributed by atoms with Gasteiger partial charge in [-0.3, -0.25) is 9.59 Å². The highest BCUT2D eigenvalue weighted by Gasteiger charge is 2.38. The first-order chi connectivity index (χ1) is 12.5. The smallest absolute Gasteiger partial charge is 0.228 e. The van der Waals surface area contributed by atoms with Crippen LogP contribution in [0.1, 0.15) is 24.8 Å². The number of hydrogen-bond acceptors (Lipinski definition) is 4. The van der Waals surface area contributed by atoms with E-state index in [0.29, 0.717) is 18.2 Å². The molecule has 142 valence electrons. The molecule has 0 radical (unpaired) electrons. The summed E-state index contributed by atoms with van der Waals surface area (Å²) in [7, 11) is 3.57. The zero-order chi connectivity index (χ0) is 18.7. The summed E-state index contributed by atoms with van der Waals surface area (Å²) < 4.78 is 5.41. The van der Waals surface area contributed by atoms with Crippen molar-refractivity contribution in [2.24, 2.45) is 11.8 Å². The number of hydrogen-bond donors (Lipinski definition) is 1. The van der Waals surface area contributed by atoms with Gasteiger partial charge in [0.05, 0.1) is 18.7 Å². The summed E-state index contributed by atoms with van der Waals surface area (Å²) in [6.07, 6.45) is 2.34. The van der Waals surface area contributed by atoms with Crippen molar-refractivity contribution in [2.75, 3.05) is 45.2 Å². The molecule has 1 aromatic rings. The molecule has 1 atom stereocenters. The predicted octanol–water partition coefficient (Wildman–Crippen LogP) is 1.81. The van der Waals surface area contributed by atoms with Crippen LogP contribution >= 0.6 is 0 Å². The van der Waals surface area contributed by atoms with E-state index in [1.165, 1.54) is 0 Å². The second kappa shape index (κ2) is 8.08. The molecule has 6 heteroatoms. The Kier molecular flexibility index (Phi) is 5.81. The van der Waals surface area contributed by atoms with Gasteiger partial charge in [0, 0.05) is 26.1 Å². The minimum atomic E-state index is -0.256. The Balaban J connectivity index is 1.66. The molecule has 1 N–H and O–H groups in total. The topological polar surface area (TPSA) is 61.9 Å². The molecule has 1 aromatic carbocycles. The highest BCUT2D eigenvalue weighted by Crippen LogP contribution is 2.34. The lowest BCUT2D eigenvalue weighted by molar-refractivity contribution is -0.137. The number of ether oxygens (including phenoxy) is 1. The highest BCUT2D eigenvalue weighted by atomic mass is 16.5. The van der Waals surface area contributed by atoms with Crippen molar-refractivity contribution in [1.82, 2.24) is 10.2 Å². The number of benzene rings is 1. The lowest BCUT2D eigenvalue weighted by Gasteiger charge is -2.33. The van der Waals surface area contributed by atoms with E-state index >= 15 is 0 Å². The monoisotopic (exact) mass is 359 g/mol. The number of nitrogens with zero attached hydrogens (tertiary/aromatic N) is 2. The summed E-state index contributed by atoms with van der Waals surface area (Å²) in [5.41, 5.74) is 1.83. The van der Waals surface area contributed by atoms with Crippen LogP contribution in [0.5, 0.6) is 5.75 Å². The van der Waals surface area contributed by atoms with Gasteiger partial charge in [0.25, 0.3) is 0 Å². The SMILES string of the molecule is CNCC1CCN(C(=O)C2CC(=O)N(c3cc(C)ccc3OC)C2)CC1. The summed E-state index contributed by atoms with van der Waals surface area (Å²) in [5.74, 6) is 1.17. The number of likely N-dealkylation sites (tertiary alicyclic amines) is 1. The molecular formula is C20H29N3O3. The van der Waals surface area contributed by atoms with E-state index in [2.05, 4.69) is 5.32 Å². The fraction of sp³-hybridized carbons (Fsp3) is 0.600. The second-order valence-electron chi connectivity index (χ2n) is 7.41. The standard InChI is InChI=1S/C20H29N3O3/c1-14-4-5-18(26-3)17(10-14)23-13-16(11-19(23)24)20(25)22-8-6-15(7-9-22)12-21-2/h4-5,10,15-16,21H,6-9,11-13H2,1-3H3. The number of carbonyl (C=O) groups is 2. The van der Waals surface area contributed by atoms with Crippen LogP contribution < -0.4 is 15.0 Å². The molecular weight excluding hydrogens is 330 g/mol. The summed E-state index contributed by atoms with van der Waals surface area (Å²) in [6, 6.07) is 5.79. The van der Waals surface area contributed by atoms with Gasteiger partial charge in [-0.2, -0.15) is 0 Å². The molecule has 0 saturated carbocycles. The Labute approximate surface area is 155 Å². The van der Waals surface area contributed by atoms with E-state index in [9.17, 15) is 9.59 Å². The van der Waals surface area contributed by atoms with Gasteiger partial charge in [-0.05, 0) is 57.0 Å². The Morgan fingerprint density at radius 3 is 2.69 bits per heavy atom. The number of nitrogens with one attached hydrogen (secondary N) is 1. The molecule has 2 fully saturated rings. The molecule has 0 spiro atoms. The Hall–Kier alpha value is -2.08. The van der Waals surface area contributed by atoms with E-state index in [0.717, 1.165) is 43.7 Å². The van der Waals surface area contributed by atoms with Crippen molar-refractivity contribution in [3.8, 4) is 5.75 Å². The molecule has 6 nitrogen and oxygen atoms in total. The summed E-state index contributed by atoms with van der Waals surface area (Å²) in [6.45, 7) is 5.02. The normalized spacial score (nSPS) is 21.3. The molecule has 3 rings (SSSR count). The lowest BCUT2D eigenvalue weighted by atomic mass is 9.95. The lowest BCUT2D eigenvalue weighted by Crippen LogP contribution is -2.43. The third kappa shape index (κ3) is 3.85. The third-order valence-electron chi connectivity index (χ3n) is 5.52. The largest absolute Gasteiger partial charge is 0.495 e. The van der Waals surface area contributed by atoms with E-state index in [1.54, 1.807) is 12.0 Å². The van der Waals surface area contributed by atoms with E-state index < -0.39 is 0 Å². The van der Waals surface area contributed by atoms with Crippen LogP contribution in [0.15, 0.2) is 18.2 Å². The van der Waals surface area contributed by atoms with Crippen molar-refractivity contribution < 1.29 is 14.3 Å². The van der Waals surface area contributed by atoms with Gasteiger partial charge in [-0.1, -0.05) is 6.07 Å². The fourth-order valence-electron chi connectivity index (χ4n) is 4.02. The van der Waals surface area contributed by atoms with Gasteiger partial charge < -0.3 is 19.9 Å². The minimum absolute atomic E-state index is 0.00248. The number of amides is 2. The molecule has 2 heterocycles. The Morgan fingerprint density at radius 1 is 1.31 bits per heavy atom. The van der Waals surface area contributed by atoms with Crippen molar-refractivity contribution >= 4 is 17.5 Å². The van der Waals surface area contributed by atoms with Crippen molar-refractivity contribution in [2.45, 2.75) is 26.2 Å². The van der Waals surface area contributed by atoms with Gasteiger partial charge in [-0.25, -0.2) is 0 Å². The van der Waals surface area contributed by atoms with Gasteiger partial charge >= 0.3 is 0 Å². The van der Waals surface area contributed by atoms with Crippen LogP contribution in [-0.2, 0) is 9.59 Å². The Bertz CT molecular complexity index is 668. The fourth-order valence-corrected chi connectivity index (χ4v) is 4.02. The first kappa shape index (κ1) is 18.7. The summed E-state index contributed by atoms with van der Waals surface area (Å²) in [4.78, 5) is 29.1. The van der Waals surface area contributed by atoms with Crippen molar-refractivity contribution in [3.05, 3.63) is 23.8 Å². The van der Waals surface area contributed by atoms with Gasteiger partial charge in [0.2, 0.25) is 11.8 Å². The van der Waals surface area contributed by atoms with Crippen molar-refractivity contribution in [1.29, 1.82) is 0 Å². The molecule has 0 bridgehead atoms. The van der Waals surface area contributed by atoms with Crippen LogP contribution in [0.4, 0.5) is 5.69 Å². The predicted molar refractivity (Wildman–Crippen MR) is 101 cm³/mol. The summed E-state index contributed by atoms with van der Waals surface area (Å²) >= 11 is 0. The van der Waals surface area contributed by atoms with Crippen LogP contribution in [-0.4, -0.2) is 57.1 Å². The number of methoxy groups -OCH3 is 1. The minimum Gasteiger partial charge on any atom is -0.495 e. The van der Waals surface area contributed by atoms with Gasteiger partial charge in [0.15, 0.2) is 0 Å². The average Bonchev–Trinajstić information content (AvgIpc) is 3.03. The molecule has 2 aliphatic heterocycles. The number of carbonyl (C=O) groups excluding carboxylic acids is 2. The molecule has 1 unspecified atom stereocenters. The first-order valence-electron chi connectivity index (χ1n) is 9.42.